The number of aliphatic hydroxyl groups is 3. The highest BCUT2D eigenvalue weighted by atomic mass is 32.2. The van der Waals surface area contributed by atoms with Crippen LogP contribution in [0.2, 0.25) is 0 Å². The van der Waals surface area contributed by atoms with Crippen LogP contribution in [0.4, 0.5) is 9.93 Å². The average Bonchev–Trinajstić information content (AvgIpc) is 0.723. The molecule has 28 nitrogen and oxygen atoms in total. The summed E-state index contributed by atoms with van der Waals surface area (Å²) in [7, 11) is -2.91. The quantitative estimate of drug-likeness (QED) is 0.0241. The Hall–Kier alpha value is -8.30. The summed E-state index contributed by atoms with van der Waals surface area (Å²) >= 11 is 1.37. The van der Waals surface area contributed by atoms with Gasteiger partial charge in [0.25, 0.3) is 16.0 Å². The van der Waals surface area contributed by atoms with E-state index in [1.165, 1.54) is 34.4 Å². The number of thiazole rings is 1. The van der Waals surface area contributed by atoms with Crippen molar-refractivity contribution in [3.05, 3.63) is 114 Å². The lowest BCUT2D eigenvalue weighted by Crippen LogP contribution is -2.64. The van der Waals surface area contributed by atoms with Crippen molar-refractivity contribution in [2.45, 2.75) is 115 Å². The summed E-state index contributed by atoms with van der Waals surface area (Å²) in [5.41, 5.74) is 9.01. The largest absolute Gasteiger partial charge is 0.491 e. The SMILES string of the molecule is Cc1c(-c2ccc(-c3cnc4cccc(C(=O)Nc5nc6ccccc6s5)c4c3)nc2C(=O)O)cnn1CC12CC3(C)CC(C)(C1)CC(OCCN(C)C(=O)OCc1ccc(OCCOCCNC(=O)C(N)CS(=O)(=O)O)cc1O[C@@H]1O[C@H](C(=O)O)[C@@H](O)[C@H](O)[C@H]1O)(C3)C2. The van der Waals surface area contributed by atoms with Crippen molar-refractivity contribution in [1.29, 1.82) is 0 Å². The maximum absolute atomic E-state index is 13.7. The fourth-order valence-electron chi connectivity index (χ4n) is 14.8. The first-order valence-corrected chi connectivity index (χ1v) is 32.8. The van der Waals surface area contributed by atoms with E-state index in [9.17, 15) is 57.9 Å². The molecule has 3 aromatic carbocycles. The number of carbonyl (C=O) groups is 5. The lowest BCUT2D eigenvalue weighted by atomic mass is 9.39. The van der Waals surface area contributed by atoms with Gasteiger partial charge in [-0.05, 0) is 116 Å². The molecule has 5 heterocycles. The van der Waals surface area contributed by atoms with Gasteiger partial charge in [0.15, 0.2) is 16.9 Å². The number of hydrogen-bond donors (Lipinski definition) is 9. The molecule has 7 aromatic rings. The highest BCUT2D eigenvalue weighted by Gasteiger charge is 2.66. The number of fused-ring (bicyclic) bond motifs is 2. The molecule has 10 N–H and O–H groups in total. The molecule has 4 bridgehead atoms. The van der Waals surface area contributed by atoms with Crippen LogP contribution in [0.3, 0.4) is 0 Å². The minimum absolute atomic E-state index is 0.0106. The molecule has 5 fully saturated rings. The number of nitrogens with two attached hydrogens (primary N) is 1. The number of aromatic carboxylic acids is 1. The predicted octanol–water partition coefficient (Wildman–Crippen LogP) is 5.43. The van der Waals surface area contributed by atoms with Crippen LogP contribution >= 0.6 is 11.3 Å². The van der Waals surface area contributed by atoms with Crippen molar-refractivity contribution in [3.63, 3.8) is 0 Å². The number of para-hydroxylation sites is 1. The van der Waals surface area contributed by atoms with Gasteiger partial charge in [-0.3, -0.25) is 29.1 Å². The molecule has 94 heavy (non-hydrogen) atoms. The Morgan fingerprint density at radius 1 is 0.851 bits per heavy atom. The molecule has 0 radical (unpaired) electrons. The third-order valence-electron chi connectivity index (χ3n) is 17.8. The highest BCUT2D eigenvalue weighted by Crippen LogP contribution is 2.72. The predicted molar refractivity (Wildman–Crippen MR) is 338 cm³/mol. The van der Waals surface area contributed by atoms with Gasteiger partial charge in [0.2, 0.25) is 12.2 Å². The topological polar surface area (TPSA) is 406 Å². The van der Waals surface area contributed by atoms with Gasteiger partial charge in [-0.1, -0.05) is 43.4 Å². The number of pyridine rings is 2. The molecule has 4 aromatic heterocycles. The second kappa shape index (κ2) is 26.8. The number of likely N-dealkylation sites (N-methyl/N-ethyl adjacent to an activating group) is 1. The van der Waals surface area contributed by atoms with Crippen molar-refractivity contribution >= 4 is 77.6 Å². The van der Waals surface area contributed by atoms with E-state index in [1.54, 1.807) is 55.8 Å². The normalized spacial score (nSPS) is 25.0. The number of aliphatic hydroxyl groups excluding tert-OH is 3. The number of hydrogen-bond acceptors (Lipinski definition) is 22. The Kier molecular flexibility index (Phi) is 19.2. The van der Waals surface area contributed by atoms with E-state index in [0.29, 0.717) is 50.5 Å². The number of rotatable bonds is 26. The Bertz CT molecular complexity index is 4120. The summed E-state index contributed by atoms with van der Waals surface area (Å²) in [6.45, 7) is 6.89. The maximum Gasteiger partial charge on any atom is 0.409 e. The van der Waals surface area contributed by atoms with Gasteiger partial charge in [0.1, 0.15) is 49.1 Å². The van der Waals surface area contributed by atoms with E-state index >= 15 is 0 Å². The Balaban J connectivity index is 0.726. The third-order valence-corrected chi connectivity index (χ3v) is 19.5. The minimum Gasteiger partial charge on any atom is -0.491 e. The Morgan fingerprint density at radius 3 is 2.34 bits per heavy atom. The van der Waals surface area contributed by atoms with Crippen molar-refractivity contribution in [2.75, 3.05) is 57.6 Å². The number of aliphatic carboxylic acids is 1. The Labute approximate surface area is 543 Å². The molecule has 5 aliphatic rings. The van der Waals surface area contributed by atoms with E-state index in [2.05, 4.69) is 39.4 Å². The molecule has 8 atom stereocenters. The second-order valence-corrected chi connectivity index (χ2v) is 28.2. The molecule has 0 spiro atoms. The first kappa shape index (κ1) is 67.1. The molecule has 12 rings (SSSR count). The molecule has 4 aliphatic carbocycles. The number of benzene rings is 3. The van der Waals surface area contributed by atoms with Crippen LogP contribution in [-0.4, -0.2) is 193 Å². The summed E-state index contributed by atoms with van der Waals surface area (Å²) in [6, 6.07) is 21.0. The lowest BCUT2D eigenvalue weighted by molar-refractivity contribution is -0.271. The molecule has 1 aliphatic heterocycles. The summed E-state index contributed by atoms with van der Waals surface area (Å²) in [5.74, 6) is -4.94. The number of carboxylic acid groups (broad SMARTS) is 2. The van der Waals surface area contributed by atoms with Gasteiger partial charge in [0, 0.05) is 77.8 Å². The van der Waals surface area contributed by atoms with Crippen molar-refractivity contribution in [3.8, 4) is 33.9 Å². The average molecular weight is 1340 g/mol. The van der Waals surface area contributed by atoms with Gasteiger partial charge in [-0.25, -0.2) is 24.4 Å². The van der Waals surface area contributed by atoms with Gasteiger partial charge in [-0.15, -0.1) is 0 Å². The summed E-state index contributed by atoms with van der Waals surface area (Å²) in [5, 5.41) is 63.2. The van der Waals surface area contributed by atoms with E-state index < -0.39 is 88.8 Å². The first-order chi connectivity index (χ1) is 44.6. The summed E-state index contributed by atoms with van der Waals surface area (Å²) in [6.07, 6.45) is -1.90. The zero-order valence-corrected chi connectivity index (χ0v) is 53.4. The number of nitrogens with one attached hydrogen (secondary N) is 2. The van der Waals surface area contributed by atoms with E-state index in [-0.39, 0.29) is 84.4 Å². The standard InChI is InChI=1S/C64H73N9O19S2/c1-35-42(39-14-15-44(69-49(39)56(79)80)37-22-41-40(8-7-10-45(41)67-24-37)54(77)71-59-70-46-9-5-6-11-48(46)93-59)25-68-73(35)34-63-29-61(2)28-62(3,30-63)32-64(31-61,33-63)90-19-17-72(4)60(83)89-26-36-12-13-38(88-21-20-87-18-16-66-55(78)43(65)27-94(84,85)86)23-47(36)91-58-52(76)50(74)51(75)53(92-58)57(81)82/h5-15,22-25,43,50-53,58,74-76H,16-21,26-34,65H2,1-4H3,(H,66,78)(H,79,80)(H,81,82)(H,70,71,77)(H,84,85,86)/t43?,50-,51-,52+,53-,58+,61?,62?,63?,64?/m0/s1. The highest BCUT2D eigenvalue weighted by molar-refractivity contribution is 7.85. The third kappa shape index (κ3) is 14.8. The molecule has 3 amide bonds. The molecular formula is C64H73N9O19S2. The second-order valence-electron chi connectivity index (χ2n) is 25.7. The number of anilines is 1. The first-order valence-electron chi connectivity index (χ1n) is 30.4. The molecular weight excluding hydrogens is 1260 g/mol. The van der Waals surface area contributed by atoms with Crippen molar-refractivity contribution in [1.82, 2.24) is 34.9 Å². The zero-order valence-electron chi connectivity index (χ0n) is 51.8. The fourth-order valence-corrected chi connectivity index (χ4v) is 16.3. The van der Waals surface area contributed by atoms with Crippen LogP contribution in [0.5, 0.6) is 11.5 Å². The van der Waals surface area contributed by atoms with Gasteiger partial charge in [0.05, 0.1) is 58.8 Å². The van der Waals surface area contributed by atoms with E-state index in [4.69, 9.17) is 43.8 Å². The molecule has 1 saturated heterocycles. The van der Waals surface area contributed by atoms with Crippen LogP contribution < -0.4 is 25.8 Å². The molecule has 500 valence electrons. The maximum atomic E-state index is 13.7. The van der Waals surface area contributed by atoms with Crippen LogP contribution in [-0.2, 0) is 51.8 Å². The molecule has 4 saturated carbocycles. The van der Waals surface area contributed by atoms with Crippen LogP contribution in [0, 0.1) is 23.2 Å². The smallest absolute Gasteiger partial charge is 0.409 e. The molecule has 3 unspecified atom stereocenters. The van der Waals surface area contributed by atoms with Crippen LogP contribution in [0.25, 0.3) is 43.5 Å². The number of carboxylic acids is 2. The van der Waals surface area contributed by atoms with Gasteiger partial charge in [-0.2, -0.15) is 13.5 Å². The van der Waals surface area contributed by atoms with Crippen molar-refractivity contribution < 1.29 is 90.9 Å². The summed E-state index contributed by atoms with van der Waals surface area (Å²) < 4.78 is 69.2. The number of amides is 3. The Morgan fingerprint density at radius 2 is 1.61 bits per heavy atom. The summed E-state index contributed by atoms with van der Waals surface area (Å²) in [4.78, 5) is 79.7. The monoisotopic (exact) mass is 1340 g/mol. The number of nitrogens with zero attached hydrogens (tertiary/aromatic N) is 6. The zero-order chi connectivity index (χ0) is 67.1. The van der Waals surface area contributed by atoms with Gasteiger partial charge >= 0.3 is 18.0 Å². The van der Waals surface area contributed by atoms with Crippen LogP contribution in [0.15, 0.2) is 91.3 Å². The van der Waals surface area contributed by atoms with E-state index in [1.807, 2.05) is 35.9 Å². The number of aromatic nitrogens is 5. The molecule has 30 heteroatoms. The number of ether oxygens (including phenoxy) is 6. The van der Waals surface area contributed by atoms with Gasteiger partial charge < -0.3 is 69.9 Å². The number of carbonyl (C=O) groups excluding carboxylic acids is 3. The van der Waals surface area contributed by atoms with Crippen LogP contribution in [0.1, 0.15) is 84.5 Å². The fraction of sp³-hybridized carbons (Fsp3) is 0.453. The lowest BCUT2D eigenvalue weighted by Gasteiger charge is -2.69. The van der Waals surface area contributed by atoms with Crippen molar-refractivity contribution in [2.24, 2.45) is 22.0 Å². The minimum atomic E-state index is -4.47. The van der Waals surface area contributed by atoms with E-state index in [0.717, 1.165) is 54.4 Å².